The molecule has 12 heteroatoms. The summed E-state index contributed by atoms with van der Waals surface area (Å²) in [5, 5.41) is 1.40. The number of methoxy groups -OCH3 is 2. The first kappa shape index (κ1) is 23.9. The third-order valence-corrected chi connectivity index (χ3v) is 5.64. The lowest BCUT2D eigenvalue weighted by molar-refractivity contribution is 0.0967. The van der Waals surface area contributed by atoms with Crippen LogP contribution in [0.2, 0.25) is 5.02 Å². The number of halogens is 5. The second-order valence-corrected chi connectivity index (χ2v) is 7.45. The van der Waals surface area contributed by atoms with Crippen molar-refractivity contribution in [2.45, 2.75) is 0 Å². The molecule has 0 bridgehead atoms. The molecule has 32 heavy (non-hydrogen) atoms. The smallest absolute Gasteiger partial charge is 0.264 e. The van der Waals surface area contributed by atoms with E-state index in [9.17, 15) is 22.4 Å². The lowest BCUT2D eigenvalue weighted by Gasteiger charge is -2.37. The van der Waals surface area contributed by atoms with E-state index in [0.29, 0.717) is 0 Å². The Labute approximate surface area is 191 Å². The fraction of sp³-hybridized carbons (Fsp3) is 0.300. The van der Waals surface area contributed by atoms with Crippen molar-refractivity contribution < 1.29 is 31.8 Å². The minimum absolute atomic E-state index is 0.0116. The van der Waals surface area contributed by atoms with Crippen molar-refractivity contribution in [3.05, 3.63) is 52.1 Å². The number of amides is 1. The van der Waals surface area contributed by atoms with Crippen LogP contribution in [0, 0.1) is 23.3 Å². The summed E-state index contributed by atoms with van der Waals surface area (Å²) in [6, 6.07) is 4.84. The monoisotopic (exact) mass is 491 g/mol. The zero-order valence-corrected chi connectivity index (χ0v) is 18.6. The Hall–Kier alpha value is -2.79. The van der Waals surface area contributed by atoms with Crippen molar-refractivity contribution in [2.75, 3.05) is 45.3 Å². The summed E-state index contributed by atoms with van der Waals surface area (Å²) in [5.41, 5.74) is -0.687. The van der Waals surface area contributed by atoms with Gasteiger partial charge < -0.3 is 19.3 Å². The number of nitrogens with zero attached hydrogens (tertiary/aromatic N) is 2. The zero-order chi connectivity index (χ0) is 23.6. The van der Waals surface area contributed by atoms with E-state index in [1.165, 1.54) is 14.2 Å². The molecule has 6 nitrogen and oxygen atoms in total. The molecular weight excluding hydrogens is 474 g/mol. The van der Waals surface area contributed by atoms with Crippen LogP contribution >= 0.6 is 23.8 Å². The van der Waals surface area contributed by atoms with Gasteiger partial charge in [0, 0.05) is 26.2 Å². The van der Waals surface area contributed by atoms with Crippen LogP contribution in [0.5, 0.6) is 11.5 Å². The summed E-state index contributed by atoms with van der Waals surface area (Å²) in [5.74, 6) is -6.44. The molecule has 0 unspecified atom stereocenters. The molecule has 1 saturated heterocycles. The van der Waals surface area contributed by atoms with Crippen LogP contribution in [0.1, 0.15) is 10.4 Å². The summed E-state index contributed by atoms with van der Waals surface area (Å²) >= 11 is 10.6. The molecule has 1 fully saturated rings. The predicted octanol–water partition coefficient (Wildman–Crippen LogP) is 3.75. The second-order valence-electron chi connectivity index (χ2n) is 6.69. The highest BCUT2D eigenvalue weighted by Crippen LogP contribution is 2.34. The van der Waals surface area contributed by atoms with Crippen LogP contribution in [0.3, 0.4) is 0 Å². The van der Waals surface area contributed by atoms with E-state index in [0.717, 1.165) is 4.90 Å². The van der Waals surface area contributed by atoms with Gasteiger partial charge in [-0.25, -0.2) is 17.6 Å². The molecule has 1 amide bonds. The van der Waals surface area contributed by atoms with Gasteiger partial charge in [0.15, 0.2) is 28.4 Å². The van der Waals surface area contributed by atoms with Crippen molar-refractivity contribution in [3.63, 3.8) is 0 Å². The van der Waals surface area contributed by atoms with E-state index in [-0.39, 0.29) is 48.4 Å². The molecule has 2 aromatic carbocycles. The molecule has 3 rings (SSSR count). The third kappa shape index (κ3) is 4.40. The number of thiocarbonyl (C=S) groups is 1. The molecule has 1 heterocycles. The van der Waals surface area contributed by atoms with Crippen molar-refractivity contribution >= 4 is 40.5 Å². The Bertz CT molecular complexity index is 1010. The molecular formula is C20H18ClF4N3O3S. The lowest BCUT2D eigenvalue weighted by atomic mass is 10.1. The lowest BCUT2D eigenvalue weighted by Crippen LogP contribution is -2.53. The number of rotatable bonds is 4. The van der Waals surface area contributed by atoms with E-state index in [1.54, 1.807) is 23.1 Å². The number of anilines is 1. The SMILES string of the molecule is COc1cccc(OC)c1C(=O)NC(=S)N1CCN(c2c(F)c(F)c(Cl)c(F)c2F)CC1. The quantitative estimate of drug-likeness (QED) is 0.304. The predicted molar refractivity (Wildman–Crippen MR) is 115 cm³/mol. The maximum atomic E-state index is 14.2. The minimum Gasteiger partial charge on any atom is -0.496 e. The van der Waals surface area contributed by atoms with Crippen LogP contribution in [0.25, 0.3) is 0 Å². The first-order valence-electron chi connectivity index (χ1n) is 9.28. The van der Waals surface area contributed by atoms with Gasteiger partial charge in [0.05, 0.1) is 14.2 Å². The molecule has 0 spiro atoms. The van der Waals surface area contributed by atoms with Gasteiger partial charge in [-0.15, -0.1) is 0 Å². The highest BCUT2D eigenvalue weighted by atomic mass is 35.5. The van der Waals surface area contributed by atoms with Crippen molar-refractivity contribution in [3.8, 4) is 11.5 Å². The Morgan fingerprint density at radius 3 is 1.94 bits per heavy atom. The fourth-order valence-electron chi connectivity index (χ4n) is 3.32. The number of ether oxygens (including phenoxy) is 2. The number of nitrogens with one attached hydrogen (secondary N) is 1. The Kier molecular flexibility index (Phi) is 7.29. The largest absolute Gasteiger partial charge is 0.496 e. The van der Waals surface area contributed by atoms with Crippen LogP contribution in [0.15, 0.2) is 18.2 Å². The van der Waals surface area contributed by atoms with Crippen LogP contribution in [0.4, 0.5) is 23.2 Å². The maximum absolute atomic E-state index is 14.2. The Morgan fingerprint density at radius 2 is 1.47 bits per heavy atom. The number of benzene rings is 2. The van der Waals surface area contributed by atoms with Gasteiger partial charge in [0.25, 0.3) is 5.91 Å². The van der Waals surface area contributed by atoms with Gasteiger partial charge in [0.2, 0.25) is 0 Å². The van der Waals surface area contributed by atoms with Crippen LogP contribution in [-0.4, -0.2) is 56.3 Å². The molecule has 1 aliphatic heterocycles. The minimum atomic E-state index is -1.66. The van der Waals surface area contributed by atoms with Gasteiger partial charge in [-0.2, -0.15) is 0 Å². The summed E-state index contributed by atoms with van der Waals surface area (Å²) < 4.78 is 66.4. The second kappa shape index (κ2) is 9.78. The van der Waals surface area contributed by atoms with E-state index in [4.69, 9.17) is 33.3 Å². The molecule has 172 valence electrons. The van der Waals surface area contributed by atoms with Crippen molar-refractivity contribution in [1.82, 2.24) is 10.2 Å². The molecule has 0 aliphatic carbocycles. The van der Waals surface area contributed by atoms with E-state index in [2.05, 4.69) is 5.32 Å². The van der Waals surface area contributed by atoms with Gasteiger partial charge in [-0.05, 0) is 24.4 Å². The molecule has 2 aromatic rings. The number of piperazine rings is 1. The van der Waals surface area contributed by atoms with Gasteiger partial charge in [-0.3, -0.25) is 10.1 Å². The van der Waals surface area contributed by atoms with Crippen LogP contribution in [-0.2, 0) is 0 Å². The van der Waals surface area contributed by atoms with Gasteiger partial charge in [-0.1, -0.05) is 17.7 Å². The standard InChI is InChI=1S/C20H18ClF4N3O3S/c1-30-10-4-3-5-11(31-2)12(10)19(29)26-20(32)28-8-6-27(7-9-28)18-16(24)14(22)13(21)15(23)17(18)25/h3-5H,6-9H2,1-2H3,(H,26,29,32). The number of carbonyl (C=O) groups excluding carboxylic acids is 1. The van der Waals surface area contributed by atoms with E-state index in [1.807, 2.05) is 0 Å². The van der Waals surface area contributed by atoms with Gasteiger partial charge in [0.1, 0.15) is 27.8 Å². The Morgan fingerprint density at radius 1 is 0.969 bits per heavy atom. The van der Waals surface area contributed by atoms with Crippen molar-refractivity contribution in [1.29, 1.82) is 0 Å². The number of hydrogen-bond donors (Lipinski definition) is 1. The number of carbonyl (C=O) groups is 1. The summed E-state index contributed by atoms with van der Waals surface area (Å²) in [7, 11) is 2.81. The highest BCUT2D eigenvalue weighted by Gasteiger charge is 2.31. The molecule has 1 aliphatic rings. The molecule has 0 radical (unpaired) electrons. The Balaban J connectivity index is 1.71. The van der Waals surface area contributed by atoms with E-state index < -0.39 is 39.9 Å². The summed E-state index contributed by atoms with van der Waals surface area (Å²) in [4.78, 5) is 15.5. The summed E-state index contributed by atoms with van der Waals surface area (Å²) in [6.45, 7) is 0.241. The first-order valence-corrected chi connectivity index (χ1v) is 10.1. The summed E-state index contributed by atoms with van der Waals surface area (Å²) in [6.07, 6.45) is 0. The molecule has 0 saturated carbocycles. The fourth-order valence-corrected chi connectivity index (χ4v) is 3.76. The maximum Gasteiger partial charge on any atom is 0.264 e. The topological polar surface area (TPSA) is 54.0 Å². The average molecular weight is 492 g/mol. The normalized spacial score (nSPS) is 13.7. The zero-order valence-electron chi connectivity index (χ0n) is 17.0. The highest BCUT2D eigenvalue weighted by molar-refractivity contribution is 7.80. The molecule has 0 atom stereocenters. The van der Waals surface area contributed by atoms with E-state index >= 15 is 0 Å². The molecule has 1 N–H and O–H groups in total. The third-order valence-electron chi connectivity index (χ3n) is 4.95. The average Bonchev–Trinajstić information content (AvgIpc) is 2.81. The van der Waals surface area contributed by atoms with Crippen LogP contribution < -0.4 is 19.7 Å². The number of hydrogen-bond acceptors (Lipinski definition) is 5. The first-order chi connectivity index (χ1) is 15.2. The van der Waals surface area contributed by atoms with Gasteiger partial charge >= 0.3 is 0 Å². The molecule has 0 aromatic heterocycles. The van der Waals surface area contributed by atoms with Crippen molar-refractivity contribution in [2.24, 2.45) is 0 Å².